The topological polar surface area (TPSA) is 88.3 Å². The molecule has 0 bridgehead atoms. The number of aromatic nitrogens is 2. The number of benzene rings is 1. The highest BCUT2D eigenvalue weighted by atomic mass is 35.5. The molecule has 3 aromatic rings. The number of thioether (sulfide) groups is 1. The lowest BCUT2D eigenvalue weighted by atomic mass is 10.2. The van der Waals surface area contributed by atoms with Gasteiger partial charge in [-0.15, -0.1) is 21.8 Å². The predicted molar refractivity (Wildman–Crippen MR) is 127 cm³/mol. The normalized spacial score (nSPS) is 15.1. The lowest BCUT2D eigenvalue weighted by molar-refractivity contribution is -0.126. The summed E-state index contributed by atoms with van der Waals surface area (Å²) in [6.45, 7) is -0.208. The minimum absolute atomic E-state index is 0.208. The van der Waals surface area contributed by atoms with Crippen LogP contribution < -0.4 is 5.32 Å². The fourth-order valence-electron chi connectivity index (χ4n) is 2.74. The second-order valence-corrected chi connectivity index (χ2v) is 9.44. The molecule has 11 heteroatoms. The van der Waals surface area contributed by atoms with E-state index in [1.165, 1.54) is 16.2 Å². The highest BCUT2D eigenvalue weighted by Crippen LogP contribution is 2.33. The van der Waals surface area contributed by atoms with Gasteiger partial charge in [-0.1, -0.05) is 65.6 Å². The van der Waals surface area contributed by atoms with Gasteiger partial charge in [0.15, 0.2) is 0 Å². The van der Waals surface area contributed by atoms with Gasteiger partial charge in [-0.2, -0.15) is 0 Å². The first-order chi connectivity index (χ1) is 15.0. The smallest absolute Gasteiger partial charge is 0.266 e. The van der Waals surface area contributed by atoms with Crippen LogP contribution in [0.3, 0.4) is 0 Å². The minimum Gasteiger partial charge on any atom is -0.457 e. The average molecular weight is 491 g/mol. The van der Waals surface area contributed by atoms with Crippen molar-refractivity contribution in [2.24, 2.45) is 0 Å². The molecule has 1 aliphatic heterocycles. The quantitative estimate of drug-likeness (QED) is 0.298. The Labute approximate surface area is 196 Å². The third-order valence-corrected chi connectivity index (χ3v) is 6.62. The zero-order chi connectivity index (χ0) is 21.8. The number of halogens is 1. The lowest BCUT2D eigenvalue weighted by Gasteiger charge is -2.12. The Morgan fingerprint density at radius 1 is 1.23 bits per heavy atom. The average Bonchev–Trinajstić information content (AvgIpc) is 3.46. The maximum atomic E-state index is 12.8. The van der Waals surface area contributed by atoms with Gasteiger partial charge in [0.1, 0.15) is 27.4 Å². The van der Waals surface area contributed by atoms with E-state index in [-0.39, 0.29) is 12.5 Å². The molecule has 4 rings (SSSR count). The van der Waals surface area contributed by atoms with Crippen LogP contribution in [0.4, 0.5) is 5.13 Å². The van der Waals surface area contributed by atoms with Gasteiger partial charge >= 0.3 is 0 Å². The van der Waals surface area contributed by atoms with Crippen LogP contribution in [0.15, 0.2) is 51.8 Å². The summed E-state index contributed by atoms with van der Waals surface area (Å²) >= 11 is 13.3. The summed E-state index contributed by atoms with van der Waals surface area (Å²) in [4.78, 5) is 26.8. The van der Waals surface area contributed by atoms with Crippen molar-refractivity contribution in [1.29, 1.82) is 0 Å². The van der Waals surface area contributed by atoms with Gasteiger partial charge in [-0.3, -0.25) is 19.8 Å². The molecule has 1 fully saturated rings. The van der Waals surface area contributed by atoms with Crippen LogP contribution in [0.5, 0.6) is 0 Å². The van der Waals surface area contributed by atoms with Crippen LogP contribution in [-0.2, 0) is 16.0 Å². The number of carbonyl (C=O) groups is 2. The fourth-order valence-corrected chi connectivity index (χ4v) is 5.02. The number of thiocarbonyl (C=S) groups is 1. The molecule has 1 N–H and O–H groups in total. The molecule has 1 aliphatic rings. The molecule has 2 aromatic heterocycles. The molecule has 0 spiro atoms. The highest BCUT2D eigenvalue weighted by Gasteiger charge is 2.33. The maximum Gasteiger partial charge on any atom is 0.266 e. The molecule has 31 heavy (non-hydrogen) atoms. The van der Waals surface area contributed by atoms with Crippen LogP contribution in [0.2, 0.25) is 0 Å². The van der Waals surface area contributed by atoms with Crippen molar-refractivity contribution >= 4 is 74.3 Å². The van der Waals surface area contributed by atoms with Crippen LogP contribution in [0.1, 0.15) is 10.8 Å². The van der Waals surface area contributed by atoms with Crippen molar-refractivity contribution in [3.8, 4) is 11.3 Å². The number of anilines is 1. The number of carbonyl (C=O) groups excluding carboxylic acids is 2. The second kappa shape index (κ2) is 9.73. The van der Waals surface area contributed by atoms with Crippen molar-refractivity contribution in [1.82, 2.24) is 15.1 Å². The number of amides is 2. The van der Waals surface area contributed by atoms with Crippen molar-refractivity contribution in [3.63, 3.8) is 0 Å². The van der Waals surface area contributed by atoms with Crippen molar-refractivity contribution in [3.05, 3.63) is 58.1 Å². The van der Waals surface area contributed by atoms with Gasteiger partial charge in [-0.05, 0) is 12.1 Å². The predicted octanol–water partition coefficient (Wildman–Crippen LogP) is 4.42. The molecule has 0 aliphatic carbocycles. The SMILES string of the molecule is O=C(CN1C(=O)/C(=C/c2ccc(-c3ccccc3)o2)SC1=S)Nc1nnc(CCCl)s1. The monoisotopic (exact) mass is 490 g/mol. The van der Waals surface area contributed by atoms with Crippen molar-refractivity contribution < 1.29 is 14.0 Å². The molecule has 3 heterocycles. The van der Waals surface area contributed by atoms with Crippen molar-refractivity contribution in [2.45, 2.75) is 6.42 Å². The number of hydrogen-bond donors (Lipinski definition) is 1. The van der Waals surface area contributed by atoms with Gasteiger partial charge in [-0.25, -0.2) is 0 Å². The molecule has 7 nitrogen and oxygen atoms in total. The molecule has 158 valence electrons. The largest absolute Gasteiger partial charge is 0.457 e. The second-order valence-electron chi connectivity index (χ2n) is 6.32. The van der Waals surface area contributed by atoms with Gasteiger partial charge < -0.3 is 4.42 Å². The highest BCUT2D eigenvalue weighted by molar-refractivity contribution is 8.26. The van der Waals surface area contributed by atoms with E-state index in [2.05, 4.69) is 15.5 Å². The van der Waals surface area contributed by atoms with E-state index in [1.54, 1.807) is 12.1 Å². The summed E-state index contributed by atoms with van der Waals surface area (Å²) in [5, 5.41) is 11.6. The third kappa shape index (κ3) is 5.21. The number of nitrogens with zero attached hydrogens (tertiary/aromatic N) is 3. The Kier molecular flexibility index (Phi) is 6.81. The summed E-state index contributed by atoms with van der Waals surface area (Å²) in [6, 6.07) is 13.3. The Morgan fingerprint density at radius 2 is 2.03 bits per heavy atom. The van der Waals surface area contributed by atoms with E-state index < -0.39 is 5.91 Å². The zero-order valence-corrected chi connectivity index (χ0v) is 19.1. The zero-order valence-electron chi connectivity index (χ0n) is 15.9. The summed E-state index contributed by atoms with van der Waals surface area (Å²) in [5.74, 6) is 0.906. The fraction of sp³-hybridized carbons (Fsp3) is 0.150. The van der Waals surface area contributed by atoms with E-state index in [9.17, 15) is 9.59 Å². The molecular weight excluding hydrogens is 476 g/mol. The molecule has 0 saturated carbocycles. The van der Waals surface area contributed by atoms with Crippen LogP contribution in [-0.4, -0.2) is 43.7 Å². The first-order valence-electron chi connectivity index (χ1n) is 9.12. The van der Waals surface area contributed by atoms with E-state index in [0.29, 0.717) is 38.2 Å². The summed E-state index contributed by atoms with van der Waals surface area (Å²) in [5.41, 5.74) is 0.942. The molecule has 0 unspecified atom stereocenters. The summed E-state index contributed by atoms with van der Waals surface area (Å²) in [7, 11) is 0. The molecule has 1 saturated heterocycles. The van der Waals surface area contributed by atoms with E-state index in [0.717, 1.165) is 22.3 Å². The standard InChI is InChI=1S/C20H15ClN4O3S3/c21-9-8-17-23-24-19(31-17)22-16(26)11-25-18(27)15(30-20(25)29)10-13-6-7-14(28-13)12-4-2-1-3-5-12/h1-7,10H,8-9,11H2,(H,22,24,26)/b15-10-. The van der Waals surface area contributed by atoms with Gasteiger partial charge in [0.25, 0.3) is 5.91 Å². The first kappa shape index (κ1) is 21.7. The summed E-state index contributed by atoms with van der Waals surface area (Å²) < 4.78 is 6.13. The number of alkyl halides is 1. The van der Waals surface area contributed by atoms with Crippen LogP contribution in [0, 0.1) is 0 Å². The molecule has 2 amide bonds. The molecular formula is C20H15ClN4O3S3. The van der Waals surface area contributed by atoms with Gasteiger partial charge in [0, 0.05) is 23.9 Å². The Hall–Kier alpha value is -2.53. The maximum absolute atomic E-state index is 12.8. The Balaban J connectivity index is 1.41. The van der Waals surface area contributed by atoms with Crippen molar-refractivity contribution in [2.75, 3.05) is 17.7 Å². The molecule has 0 radical (unpaired) electrons. The molecule has 0 atom stereocenters. The molecule has 1 aromatic carbocycles. The van der Waals surface area contributed by atoms with Crippen LogP contribution in [0.25, 0.3) is 17.4 Å². The van der Waals surface area contributed by atoms with E-state index in [4.69, 9.17) is 28.2 Å². The third-order valence-electron chi connectivity index (χ3n) is 4.16. The Bertz CT molecular complexity index is 1160. The number of aryl methyl sites for hydroxylation is 1. The van der Waals surface area contributed by atoms with E-state index in [1.807, 2.05) is 36.4 Å². The summed E-state index contributed by atoms with van der Waals surface area (Å²) in [6.07, 6.45) is 2.21. The Morgan fingerprint density at radius 3 is 2.81 bits per heavy atom. The van der Waals surface area contributed by atoms with Crippen LogP contribution >= 0.6 is 46.9 Å². The number of rotatable bonds is 7. The first-order valence-corrected chi connectivity index (χ1v) is 11.7. The minimum atomic E-state index is -0.407. The number of furan rings is 1. The van der Waals surface area contributed by atoms with E-state index >= 15 is 0 Å². The van der Waals surface area contributed by atoms with Gasteiger partial charge in [0.05, 0.1) is 4.91 Å². The lowest BCUT2D eigenvalue weighted by Crippen LogP contribution is -2.36. The number of hydrogen-bond acceptors (Lipinski definition) is 8. The number of nitrogens with one attached hydrogen (secondary N) is 1. The van der Waals surface area contributed by atoms with Gasteiger partial charge in [0.2, 0.25) is 11.0 Å².